The van der Waals surface area contributed by atoms with Crippen molar-refractivity contribution in [1.29, 1.82) is 0 Å². The number of nitrogens with zero attached hydrogens (tertiary/aromatic N) is 4. The fraction of sp³-hybridized carbons (Fsp3) is 0.200. The second-order valence-corrected chi connectivity index (χ2v) is 6.09. The van der Waals surface area contributed by atoms with Crippen molar-refractivity contribution < 1.29 is 9.13 Å². The monoisotopic (exact) mass is 316 g/mol. The molecule has 0 N–H and O–H groups in total. The molecule has 0 amide bonds. The molecular formula is C20H20N4+2. The molecule has 0 fully saturated rings. The Morgan fingerprint density at radius 3 is 2.21 bits per heavy atom. The van der Waals surface area contributed by atoms with Crippen molar-refractivity contribution in [2.24, 2.45) is 5.92 Å². The summed E-state index contributed by atoms with van der Waals surface area (Å²) >= 11 is 0. The molecule has 0 aliphatic heterocycles. The molecule has 0 bridgehead atoms. The minimum Gasteiger partial charge on any atom is -0.206 e. The van der Waals surface area contributed by atoms with Crippen molar-refractivity contribution in [3.05, 3.63) is 79.7 Å². The van der Waals surface area contributed by atoms with Crippen LogP contribution in [0.25, 0.3) is 17.1 Å². The van der Waals surface area contributed by atoms with Crippen LogP contribution in [-0.2, 0) is 6.54 Å². The molecule has 0 aromatic carbocycles. The van der Waals surface area contributed by atoms with E-state index >= 15 is 0 Å². The second-order valence-electron chi connectivity index (χ2n) is 6.09. The molecular weight excluding hydrogens is 296 g/mol. The molecule has 3 heterocycles. The Hall–Kier alpha value is -2.88. The highest BCUT2D eigenvalue weighted by Crippen LogP contribution is 2.18. The molecule has 4 nitrogen and oxygen atoms in total. The van der Waals surface area contributed by atoms with E-state index in [-0.39, 0.29) is 0 Å². The summed E-state index contributed by atoms with van der Waals surface area (Å²) in [6, 6.07) is 10.4. The van der Waals surface area contributed by atoms with Crippen molar-refractivity contribution >= 4 is 0 Å². The lowest BCUT2D eigenvalue weighted by molar-refractivity contribution is -0.701. The third kappa shape index (κ3) is 3.23. The average molecular weight is 316 g/mol. The molecule has 0 unspecified atom stereocenters. The van der Waals surface area contributed by atoms with Crippen LogP contribution in [0.4, 0.5) is 0 Å². The van der Waals surface area contributed by atoms with Crippen molar-refractivity contribution in [3.8, 4) is 17.1 Å². The van der Waals surface area contributed by atoms with E-state index in [1.54, 1.807) is 12.4 Å². The van der Waals surface area contributed by atoms with Crippen LogP contribution >= 0.6 is 0 Å². The first-order valence-corrected chi connectivity index (χ1v) is 8.33. The maximum atomic E-state index is 4.25. The summed E-state index contributed by atoms with van der Waals surface area (Å²) < 4.78 is 4.18. The maximum Gasteiger partial charge on any atom is 0.437 e. The predicted octanol–water partition coefficient (Wildman–Crippen LogP) is 2.67. The van der Waals surface area contributed by atoms with E-state index in [9.17, 15) is 0 Å². The van der Waals surface area contributed by atoms with E-state index in [0.29, 0.717) is 11.9 Å². The maximum absolute atomic E-state index is 4.25. The fourth-order valence-corrected chi connectivity index (χ4v) is 3.07. The highest BCUT2D eigenvalue weighted by Gasteiger charge is 2.14. The number of allylic oxidation sites excluding steroid dienone is 2. The lowest BCUT2D eigenvalue weighted by Crippen LogP contribution is -2.35. The average Bonchev–Trinajstić information content (AvgIpc) is 3.16. The number of hydrogen-bond donors (Lipinski definition) is 0. The van der Waals surface area contributed by atoms with Crippen LogP contribution in [0.5, 0.6) is 0 Å². The Labute approximate surface area is 141 Å². The molecule has 3 aromatic heterocycles. The summed E-state index contributed by atoms with van der Waals surface area (Å²) in [6.07, 6.45) is 18.9. The SMILES string of the molecule is C1=C[C@@H](C[n+]2ccc(-c3cc[n+](-c4ncccn4)cc3)cc2)CC1. The molecule has 118 valence electrons. The molecule has 24 heavy (non-hydrogen) atoms. The third-order valence-corrected chi connectivity index (χ3v) is 4.39. The molecule has 4 rings (SSSR count). The fourth-order valence-electron chi connectivity index (χ4n) is 3.07. The van der Waals surface area contributed by atoms with Gasteiger partial charge in [0.25, 0.3) is 0 Å². The van der Waals surface area contributed by atoms with Gasteiger partial charge in [-0.2, -0.15) is 0 Å². The summed E-state index contributed by atoms with van der Waals surface area (Å²) in [5.74, 6) is 1.36. The van der Waals surface area contributed by atoms with Crippen LogP contribution in [-0.4, -0.2) is 9.97 Å². The van der Waals surface area contributed by atoms with Crippen LogP contribution < -0.4 is 9.13 Å². The number of rotatable bonds is 4. The van der Waals surface area contributed by atoms with Gasteiger partial charge in [0.05, 0.1) is 12.4 Å². The third-order valence-electron chi connectivity index (χ3n) is 4.39. The molecule has 0 saturated carbocycles. The van der Waals surface area contributed by atoms with E-state index in [0.717, 1.165) is 6.54 Å². The first kappa shape index (κ1) is 14.7. The summed E-state index contributed by atoms with van der Waals surface area (Å²) in [7, 11) is 0. The molecule has 0 saturated heterocycles. The largest absolute Gasteiger partial charge is 0.437 e. The summed E-state index contributed by atoms with van der Waals surface area (Å²) in [5, 5.41) is 0. The van der Waals surface area contributed by atoms with Crippen molar-refractivity contribution in [1.82, 2.24) is 9.97 Å². The molecule has 1 atom stereocenters. The standard InChI is InChI=1S/C20H20N4/c1-2-5-17(4-1)16-23-12-6-18(7-13-23)19-8-14-24(15-9-19)20-21-10-3-11-22-20/h1,3-4,6-15,17H,2,5,16H2/q+2/t17-/m1/s1. The second kappa shape index (κ2) is 6.71. The van der Waals surface area contributed by atoms with Gasteiger partial charge in [-0.25, -0.2) is 9.13 Å². The smallest absolute Gasteiger partial charge is 0.206 e. The van der Waals surface area contributed by atoms with Crippen molar-refractivity contribution in [3.63, 3.8) is 0 Å². The zero-order valence-corrected chi connectivity index (χ0v) is 13.5. The molecule has 0 radical (unpaired) electrons. The van der Waals surface area contributed by atoms with Gasteiger partial charge in [0.2, 0.25) is 0 Å². The van der Waals surface area contributed by atoms with Gasteiger partial charge in [0, 0.05) is 24.1 Å². The van der Waals surface area contributed by atoms with Gasteiger partial charge in [-0.05, 0) is 36.1 Å². The van der Waals surface area contributed by atoms with E-state index in [1.807, 2.05) is 23.0 Å². The zero-order valence-electron chi connectivity index (χ0n) is 13.5. The lowest BCUT2D eigenvalue weighted by Gasteiger charge is -2.04. The van der Waals surface area contributed by atoms with E-state index < -0.39 is 0 Å². The predicted molar refractivity (Wildman–Crippen MR) is 91.1 cm³/mol. The number of aromatic nitrogens is 4. The van der Waals surface area contributed by atoms with Crippen molar-refractivity contribution in [2.45, 2.75) is 19.4 Å². The van der Waals surface area contributed by atoms with Gasteiger partial charge >= 0.3 is 5.95 Å². The minimum atomic E-state index is 0.680. The Bertz CT molecular complexity index is 824. The van der Waals surface area contributed by atoms with Crippen LogP contribution in [0.1, 0.15) is 12.8 Å². The summed E-state index contributed by atoms with van der Waals surface area (Å²) in [4.78, 5) is 8.51. The van der Waals surface area contributed by atoms with Gasteiger partial charge in [0.15, 0.2) is 18.9 Å². The van der Waals surface area contributed by atoms with Gasteiger partial charge < -0.3 is 0 Å². The molecule has 1 aliphatic rings. The van der Waals surface area contributed by atoms with E-state index in [4.69, 9.17) is 0 Å². The lowest BCUT2D eigenvalue weighted by atomic mass is 10.1. The van der Waals surface area contributed by atoms with Gasteiger partial charge in [0.1, 0.15) is 12.4 Å². The first-order chi connectivity index (χ1) is 11.9. The Morgan fingerprint density at radius 2 is 1.58 bits per heavy atom. The van der Waals surface area contributed by atoms with Gasteiger partial charge in [-0.15, -0.1) is 0 Å². The Kier molecular flexibility index (Phi) is 4.11. The number of pyridine rings is 2. The summed E-state index contributed by atoms with van der Waals surface area (Å²) in [5.41, 5.74) is 2.41. The van der Waals surface area contributed by atoms with E-state index in [1.165, 1.54) is 24.0 Å². The van der Waals surface area contributed by atoms with Crippen LogP contribution in [0.2, 0.25) is 0 Å². The normalized spacial score (nSPS) is 16.4. The van der Waals surface area contributed by atoms with Gasteiger partial charge in [-0.1, -0.05) is 22.1 Å². The quantitative estimate of drug-likeness (QED) is 0.548. The van der Waals surface area contributed by atoms with Crippen LogP contribution in [0, 0.1) is 5.92 Å². The van der Waals surface area contributed by atoms with Crippen molar-refractivity contribution in [2.75, 3.05) is 0 Å². The minimum absolute atomic E-state index is 0.680. The first-order valence-electron chi connectivity index (χ1n) is 8.33. The Balaban J connectivity index is 1.50. The highest BCUT2D eigenvalue weighted by atomic mass is 15.1. The Morgan fingerprint density at radius 1 is 0.917 bits per heavy atom. The van der Waals surface area contributed by atoms with Crippen LogP contribution in [0.15, 0.2) is 79.7 Å². The molecule has 1 aliphatic carbocycles. The zero-order chi connectivity index (χ0) is 16.2. The van der Waals surface area contributed by atoms with Gasteiger partial charge in [-0.3, -0.25) is 0 Å². The topological polar surface area (TPSA) is 33.5 Å². The summed E-state index contributed by atoms with van der Waals surface area (Å²) in [6.45, 7) is 1.07. The van der Waals surface area contributed by atoms with Crippen LogP contribution in [0.3, 0.4) is 0 Å². The molecule has 3 aromatic rings. The highest BCUT2D eigenvalue weighted by molar-refractivity contribution is 5.61. The number of hydrogen-bond acceptors (Lipinski definition) is 2. The molecule has 4 heteroatoms. The van der Waals surface area contributed by atoms with E-state index in [2.05, 4.69) is 63.3 Å². The molecule has 0 spiro atoms.